The van der Waals surface area contributed by atoms with Crippen LogP contribution in [0.1, 0.15) is 12.8 Å². The smallest absolute Gasteiger partial charge is 0.231 e. The number of carbonyl (C=O) groups excluding carboxylic acids is 1. The molecule has 1 aliphatic heterocycles. The quantitative estimate of drug-likeness (QED) is 0.582. The summed E-state index contributed by atoms with van der Waals surface area (Å²) >= 11 is 0. The van der Waals surface area contributed by atoms with Gasteiger partial charge in [-0.25, -0.2) is 0 Å². The van der Waals surface area contributed by atoms with Gasteiger partial charge in [0.05, 0.1) is 6.54 Å². The number of nitrogens with zero attached hydrogens (tertiary/aromatic N) is 1. The molecule has 5 nitrogen and oxygen atoms in total. The Kier molecular flexibility index (Phi) is 4.31. The lowest BCUT2D eigenvalue weighted by Crippen LogP contribution is -2.42. The number of rotatable bonds is 4. The molecule has 82 valence electrons. The number of aliphatic hydroxyl groups is 1. The highest BCUT2D eigenvalue weighted by Crippen LogP contribution is 2.20. The number of nitrogens with two attached hydrogens (primary N) is 1. The Morgan fingerprint density at radius 2 is 2.21 bits per heavy atom. The summed E-state index contributed by atoms with van der Waals surface area (Å²) in [4.78, 5) is 12.6. The standard InChI is InChI=1S/C9H18N2O3/c1-14-9(13)7-2-4-11(5-3-7)6-8(10)12/h7,9,13H,2-6H2,1H3,(H2,10,12). The predicted molar refractivity (Wildman–Crippen MR) is 51.4 cm³/mol. The fourth-order valence-corrected chi connectivity index (χ4v) is 1.81. The minimum Gasteiger partial charge on any atom is -0.369 e. The van der Waals surface area contributed by atoms with Crippen LogP contribution < -0.4 is 5.73 Å². The van der Waals surface area contributed by atoms with Crippen molar-refractivity contribution in [1.82, 2.24) is 4.90 Å². The van der Waals surface area contributed by atoms with E-state index < -0.39 is 6.29 Å². The van der Waals surface area contributed by atoms with Crippen LogP contribution in [0.5, 0.6) is 0 Å². The molecule has 0 bridgehead atoms. The Labute approximate surface area is 83.8 Å². The van der Waals surface area contributed by atoms with Crippen molar-refractivity contribution >= 4 is 5.91 Å². The first-order valence-corrected chi connectivity index (χ1v) is 4.85. The van der Waals surface area contributed by atoms with Crippen molar-refractivity contribution in [2.45, 2.75) is 19.1 Å². The van der Waals surface area contributed by atoms with Crippen LogP contribution in [0.25, 0.3) is 0 Å². The molecule has 1 saturated heterocycles. The SMILES string of the molecule is COC(O)C1CCN(CC(N)=O)CC1. The third-order valence-corrected chi connectivity index (χ3v) is 2.66. The maximum atomic E-state index is 10.6. The molecule has 1 aliphatic rings. The maximum absolute atomic E-state index is 10.6. The van der Waals surface area contributed by atoms with E-state index in [1.165, 1.54) is 7.11 Å². The zero-order chi connectivity index (χ0) is 10.6. The molecule has 14 heavy (non-hydrogen) atoms. The average molecular weight is 202 g/mol. The van der Waals surface area contributed by atoms with Crippen LogP contribution in [0, 0.1) is 5.92 Å². The average Bonchev–Trinajstić information content (AvgIpc) is 2.17. The van der Waals surface area contributed by atoms with Crippen LogP contribution in [0.4, 0.5) is 0 Å². The lowest BCUT2D eigenvalue weighted by molar-refractivity contribution is -0.127. The topological polar surface area (TPSA) is 75.8 Å². The molecule has 0 aliphatic carbocycles. The fraction of sp³-hybridized carbons (Fsp3) is 0.889. The van der Waals surface area contributed by atoms with Gasteiger partial charge in [0.1, 0.15) is 0 Å². The fourth-order valence-electron chi connectivity index (χ4n) is 1.81. The predicted octanol–water partition coefficient (Wildman–Crippen LogP) is -0.851. The van der Waals surface area contributed by atoms with Crippen LogP contribution in [-0.4, -0.2) is 48.9 Å². The maximum Gasteiger partial charge on any atom is 0.231 e. The summed E-state index contributed by atoms with van der Waals surface area (Å²) in [5.74, 6) is -0.111. The van der Waals surface area contributed by atoms with E-state index in [4.69, 9.17) is 10.5 Å². The Morgan fingerprint density at radius 3 is 2.64 bits per heavy atom. The van der Waals surface area contributed by atoms with Gasteiger partial charge in [0.25, 0.3) is 0 Å². The number of amides is 1. The highest BCUT2D eigenvalue weighted by Gasteiger charge is 2.25. The number of aliphatic hydroxyl groups excluding tert-OH is 1. The number of ether oxygens (including phenoxy) is 1. The molecule has 0 saturated carbocycles. The normalized spacial score (nSPS) is 22.1. The van der Waals surface area contributed by atoms with Gasteiger partial charge in [0.2, 0.25) is 5.91 Å². The van der Waals surface area contributed by atoms with Crippen LogP contribution >= 0.6 is 0 Å². The first-order chi connectivity index (χ1) is 6.63. The Bertz CT molecular complexity index is 190. The monoisotopic (exact) mass is 202 g/mol. The first kappa shape index (κ1) is 11.4. The number of carbonyl (C=O) groups is 1. The van der Waals surface area contributed by atoms with Crippen molar-refractivity contribution in [2.24, 2.45) is 11.7 Å². The molecule has 0 aromatic heterocycles. The molecule has 1 rings (SSSR count). The van der Waals surface area contributed by atoms with Gasteiger partial charge in [0.15, 0.2) is 6.29 Å². The van der Waals surface area contributed by atoms with Crippen LogP contribution in [0.2, 0.25) is 0 Å². The minimum absolute atomic E-state index is 0.184. The second-order valence-corrected chi connectivity index (χ2v) is 3.71. The lowest BCUT2D eigenvalue weighted by atomic mass is 9.96. The largest absolute Gasteiger partial charge is 0.369 e. The van der Waals surface area contributed by atoms with E-state index in [9.17, 15) is 9.90 Å². The molecule has 0 aromatic carbocycles. The summed E-state index contributed by atoms with van der Waals surface area (Å²) in [5.41, 5.74) is 5.09. The van der Waals surface area contributed by atoms with Crippen molar-refractivity contribution < 1.29 is 14.6 Å². The van der Waals surface area contributed by atoms with Crippen molar-refractivity contribution in [1.29, 1.82) is 0 Å². The molecule has 3 N–H and O–H groups in total. The summed E-state index contributed by atoms with van der Waals surface area (Å²) < 4.78 is 4.85. The van der Waals surface area contributed by atoms with Gasteiger partial charge >= 0.3 is 0 Å². The van der Waals surface area contributed by atoms with Gasteiger partial charge in [-0.05, 0) is 25.9 Å². The van der Waals surface area contributed by atoms with Gasteiger partial charge in [-0.1, -0.05) is 0 Å². The van der Waals surface area contributed by atoms with E-state index in [-0.39, 0.29) is 11.8 Å². The number of hydrogen-bond acceptors (Lipinski definition) is 4. The number of piperidine rings is 1. The molecule has 1 heterocycles. The Balaban J connectivity index is 2.27. The number of likely N-dealkylation sites (tertiary alicyclic amines) is 1. The van der Waals surface area contributed by atoms with Crippen molar-refractivity contribution in [3.8, 4) is 0 Å². The van der Waals surface area contributed by atoms with Gasteiger partial charge < -0.3 is 15.6 Å². The highest BCUT2D eigenvalue weighted by molar-refractivity contribution is 5.75. The summed E-state index contributed by atoms with van der Waals surface area (Å²) in [7, 11) is 1.50. The van der Waals surface area contributed by atoms with Crippen LogP contribution in [-0.2, 0) is 9.53 Å². The van der Waals surface area contributed by atoms with E-state index in [0.29, 0.717) is 6.54 Å². The Morgan fingerprint density at radius 1 is 1.64 bits per heavy atom. The van der Waals surface area contributed by atoms with Crippen molar-refractivity contribution in [2.75, 3.05) is 26.7 Å². The number of methoxy groups -OCH3 is 1. The number of primary amides is 1. The van der Waals surface area contributed by atoms with Gasteiger partial charge in [-0.15, -0.1) is 0 Å². The zero-order valence-corrected chi connectivity index (χ0v) is 8.48. The van der Waals surface area contributed by atoms with E-state index in [0.717, 1.165) is 25.9 Å². The number of hydrogen-bond donors (Lipinski definition) is 2. The summed E-state index contributed by atoms with van der Waals surface area (Å²) in [6, 6.07) is 0. The first-order valence-electron chi connectivity index (χ1n) is 4.85. The lowest BCUT2D eigenvalue weighted by Gasteiger charge is -2.32. The molecule has 0 aromatic rings. The summed E-state index contributed by atoms with van der Waals surface area (Å²) in [6.45, 7) is 1.91. The molecule has 0 radical (unpaired) electrons. The molecule has 0 spiro atoms. The van der Waals surface area contributed by atoms with Gasteiger partial charge in [0, 0.05) is 13.0 Å². The zero-order valence-electron chi connectivity index (χ0n) is 8.48. The Hall–Kier alpha value is -0.650. The van der Waals surface area contributed by atoms with Gasteiger partial charge in [-0.2, -0.15) is 0 Å². The molecular weight excluding hydrogens is 184 g/mol. The highest BCUT2D eigenvalue weighted by atomic mass is 16.6. The van der Waals surface area contributed by atoms with Crippen LogP contribution in [0.15, 0.2) is 0 Å². The molecule has 1 amide bonds. The van der Waals surface area contributed by atoms with Gasteiger partial charge in [-0.3, -0.25) is 9.69 Å². The van der Waals surface area contributed by atoms with Crippen molar-refractivity contribution in [3.63, 3.8) is 0 Å². The summed E-state index contributed by atoms with van der Waals surface area (Å²) in [5, 5.41) is 9.42. The van der Waals surface area contributed by atoms with E-state index >= 15 is 0 Å². The molecular formula is C9H18N2O3. The third kappa shape index (κ3) is 3.25. The molecule has 1 fully saturated rings. The summed E-state index contributed by atoms with van der Waals surface area (Å²) in [6.07, 6.45) is 1.02. The second kappa shape index (κ2) is 5.29. The minimum atomic E-state index is -0.675. The third-order valence-electron chi connectivity index (χ3n) is 2.66. The van der Waals surface area contributed by atoms with E-state index in [1.807, 2.05) is 4.90 Å². The second-order valence-electron chi connectivity index (χ2n) is 3.71. The molecule has 5 heteroatoms. The van der Waals surface area contributed by atoms with Crippen molar-refractivity contribution in [3.05, 3.63) is 0 Å². The molecule has 1 unspecified atom stereocenters. The molecule has 1 atom stereocenters. The van der Waals surface area contributed by atoms with E-state index in [1.54, 1.807) is 0 Å². The van der Waals surface area contributed by atoms with E-state index in [2.05, 4.69) is 0 Å². The van der Waals surface area contributed by atoms with Crippen LogP contribution in [0.3, 0.4) is 0 Å².